The summed E-state index contributed by atoms with van der Waals surface area (Å²) in [5, 5.41) is 22.8. The van der Waals surface area contributed by atoms with E-state index in [2.05, 4.69) is 29.4 Å². The highest BCUT2D eigenvalue weighted by Gasteiger charge is 2.11. The molecule has 0 atom stereocenters. The summed E-state index contributed by atoms with van der Waals surface area (Å²) in [7, 11) is 0. The van der Waals surface area contributed by atoms with Crippen LogP contribution < -0.4 is 5.32 Å². The van der Waals surface area contributed by atoms with Crippen molar-refractivity contribution in [3.05, 3.63) is 58.4 Å². The maximum atomic E-state index is 10.1. The van der Waals surface area contributed by atoms with Gasteiger partial charge in [0.2, 0.25) is 0 Å². The van der Waals surface area contributed by atoms with Gasteiger partial charge in [0.15, 0.2) is 0 Å². The second kappa shape index (κ2) is 7.20. The molecule has 0 aliphatic rings. The van der Waals surface area contributed by atoms with Crippen LogP contribution in [0.25, 0.3) is 0 Å². The monoisotopic (exact) mass is 286 g/mol. The molecule has 1 aromatic carbocycles. The Kier molecular flexibility index (Phi) is 5.31. The summed E-state index contributed by atoms with van der Waals surface area (Å²) in [6.45, 7) is 5.01. The predicted molar refractivity (Wildman–Crippen MR) is 82.9 cm³/mol. The number of rotatable bonds is 6. The van der Waals surface area contributed by atoms with Crippen molar-refractivity contribution in [2.24, 2.45) is 0 Å². The molecule has 4 heteroatoms. The van der Waals surface area contributed by atoms with Gasteiger partial charge in [-0.2, -0.15) is 0 Å². The minimum Gasteiger partial charge on any atom is -0.506 e. The lowest BCUT2D eigenvalue weighted by Gasteiger charge is -2.13. The first-order valence-electron chi connectivity index (χ1n) is 7.22. The number of aliphatic hydroxyl groups excluding tert-OH is 1. The molecule has 21 heavy (non-hydrogen) atoms. The number of hydrogen-bond acceptors (Lipinski definition) is 4. The van der Waals surface area contributed by atoms with Crippen LogP contribution in [0.15, 0.2) is 30.5 Å². The Labute approximate surface area is 125 Å². The molecular formula is C17H22N2O2. The van der Waals surface area contributed by atoms with Gasteiger partial charge in [-0.1, -0.05) is 31.2 Å². The number of pyridine rings is 1. The molecular weight excluding hydrogens is 264 g/mol. The second-order valence-electron chi connectivity index (χ2n) is 5.08. The minimum absolute atomic E-state index is 0.122. The van der Waals surface area contributed by atoms with Crippen LogP contribution in [0, 0.1) is 6.92 Å². The Morgan fingerprint density at radius 3 is 2.48 bits per heavy atom. The van der Waals surface area contributed by atoms with Crippen molar-refractivity contribution in [1.29, 1.82) is 0 Å². The van der Waals surface area contributed by atoms with Crippen LogP contribution in [0.3, 0.4) is 0 Å². The molecule has 0 unspecified atom stereocenters. The van der Waals surface area contributed by atoms with E-state index in [0.717, 1.165) is 18.5 Å². The van der Waals surface area contributed by atoms with Crippen molar-refractivity contribution in [3.8, 4) is 5.75 Å². The van der Waals surface area contributed by atoms with E-state index in [0.29, 0.717) is 17.8 Å². The number of nitrogens with one attached hydrogen (secondary N) is 1. The van der Waals surface area contributed by atoms with Gasteiger partial charge in [0.05, 0.1) is 12.3 Å². The van der Waals surface area contributed by atoms with Crippen molar-refractivity contribution in [2.45, 2.75) is 40.0 Å². The van der Waals surface area contributed by atoms with E-state index in [1.54, 1.807) is 13.1 Å². The zero-order valence-electron chi connectivity index (χ0n) is 12.6. The molecule has 2 rings (SSSR count). The van der Waals surface area contributed by atoms with Gasteiger partial charge in [-0.3, -0.25) is 4.98 Å². The second-order valence-corrected chi connectivity index (χ2v) is 5.08. The minimum atomic E-state index is -0.122. The molecule has 0 aliphatic heterocycles. The first kappa shape index (κ1) is 15.5. The smallest absolute Gasteiger partial charge is 0.141 e. The number of aromatic nitrogens is 1. The van der Waals surface area contributed by atoms with Gasteiger partial charge in [-0.15, -0.1) is 0 Å². The SMILES string of the molecule is CCc1ccccc1CNCc1c(CO)cnc(C)c1O. The molecule has 0 spiro atoms. The Bertz CT molecular complexity index is 612. The fourth-order valence-electron chi connectivity index (χ4n) is 2.41. The van der Waals surface area contributed by atoms with Crippen molar-refractivity contribution in [1.82, 2.24) is 10.3 Å². The molecule has 1 aromatic heterocycles. The van der Waals surface area contributed by atoms with Gasteiger partial charge in [-0.25, -0.2) is 0 Å². The molecule has 0 fully saturated rings. The lowest BCUT2D eigenvalue weighted by Crippen LogP contribution is -2.16. The third kappa shape index (κ3) is 3.60. The van der Waals surface area contributed by atoms with E-state index in [4.69, 9.17) is 0 Å². The van der Waals surface area contributed by atoms with Gasteiger partial charge in [0, 0.05) is 30.4 Å². The van der Waals surface area contributed by atoms with Crippen LogP contribution >= 0.6 is 0 Å². The summed E-state index contributed by atoms with van der Waals surface area (Å²) >= 11 is 0. The summed E-state index contributed by atoms with van der Waals surface area (Å²) in [4.78, 5) is 4.07. The molecule has 2 aromatic rings. The molecule has 4 nitrogen and oxygen atoms in total. The molecule has 1 heterocycles. The summed E-state index contributed by atoms with van der Waals surface area (Å²) in [6.07, 6.45) is 2.62. The van der Waals surface area contributed by atoms with E-state index in [1.807, 2.05) is 12.1 Å². The number of benzene rings is 1. The number of nitrogens with zero attached hydrogens (tertiary/aromatic N) is 1. The van der Waals surface area contributed by atoms with Crippen LogP contribution in [-0.2, 0) is 26.1 Å². The number of aryl methyl sites for hydroxylation is 2. The van der Waals surface area contributed by atoms with Gasteiger partial charge in [-0.05, 0) is 24.5 Å². The lowest BCUT2D eigenvalue weighted by molar-refractivity contribution is 0.278. The summed E-state index contributed by atoms with van der Waals surface area (Å²) in [5.74, 6) is 0.165. The molecule has 0 saturated carbocycles. The van der Waals surface area contributed by atoms with Crippen LogP contribution in [0.2, 0.25) is 0 Å². The van der Waals surface area contributed by atoms with Gasteiger partial charge in [0.1, 0.15) is 5.75 Å². The zero-order valence-corrected chi connectivity index (χ0v) is 12.6. The van der Waals surface area contributed by atoms with Crippen molar-refractivity contribution in [3.63, 3.8) is 0 Å². The molecule has 0 saturated heterocycles. The van der Waals surface area contributed by atoms with E-state index in [1.165, 1.54) is 11.1 Å². The first-order chi connectivity index (χ1) is 10.2. The van der Waals surface area contributed by atoms with Crippen molar-refractivity contribution < 1.29 is 10.2 Å². The molecule has 0 radical (unpaired) electrons. The van der Waals surface area contributed by atoms with Crippen LogP contribution in [0.4, 0.5) is 0 Å². The maximum Gasteiger partial charge on any atom is 0.141 e. The fraction of sp³-hybridized carbons (Fsp3) is 0.353. The Balaban J connectivity index is 2.08. The standard InChI is InChI=1S/C17H22N2O2/c1-3-13-6-4-5-7-14(13)8-18-10-16-15(11-20)9-19-12(2)17(16)21/h4-7,9,18,20-21H,3,8,10-11H2,1-2H3. The largest absolute Gasteiger partial charge is 0.506 e. The molecule has 0 amide bonds. The number of aliphatic hydroxyl groups is 1. The quantitative estimate of drug-likeness (QED) is 0.763. The highest BCUT2D eigenvalue weighted by atomic mass is 16.3. The first-order valence-corrected chi connectivity index (χ1v) is 7.22. The predicted octanol–water partition coefficient (Wildman–Crippen LogP) is 2.44. The average Bonchev–Trinajstić information content (AvgIpc) is 2.52. The van der Waals surface area contributed by atoms with E-state index in [-0.39, 0.29) is 12.4 Å². The summed E-state index contributed by atoms with van der Waals surface area (Å²) < 4.78 is 0. The summed E-state index contributed by atoms with van der Waals surface area (Å²) in [5.41, 5.74) is 4.55. The number of hydrogen-bond donors (Lipinski definition) is 3. The topological polar surface area (TPSA) is 65.4 Å². The Morgan fingerprint density at radius 2 is 1.81 bits per heavy atom. The third-order valence-electron chi connectivity index (χ3n) is 3.72. The lowest BCUT2D eigenvalue weighted by atomic mass is 10.0. The Hall–Kier alpha value is -1.91. The van der Waals surface area contributed by atoms with Crippen LogP contribution in [-0.4, -0.2) is 15.2 Å². The van der Waals surface area contributed by atoms with Crippen LogP contribution in [0.1, 0.15) is 34.9 Å². The van der Waals surface area contributed by atoms with Gasteiger partial charge >= 0.3 is 0 Å². The van der Waals surface area contributed by atoms with Gasteiger partial charge < -0.3 is 15.5 Å². The molecule has 0 bridgehead atoms. The highest BCUT2D eigenvalue weighted by Crippen LogP contribution is 2.23. The van der Waals surface area contributed by atoms with Crippen molar-refractivity contribution in [2.75, 3.05) is 0 Å². The van der Waals surface area contributed by atoms with Crippen molar-refractivity contribution >= 4 is 0 Å². The van der Waals surface area contributed by atoms with E-state index >= 15 is 0 Å². The molecule has 0 aliphatic carbocycles. The zero-order chi connectivity index (χ0) is 15.2. The summed E-state index contributed by atoms with van der Waals surface area (Å²) in [6, 6.07) is 8.31. The third-order valence-corrected chi connectivity index (χ3v) is 3.72. The average molecular weight is 286 g/mol. The highest BCUT2D eigenvalue weighted by molar-refractivity contribution is 5.40. The fourth-order valence-corrected chi connectivity index (χ4v) is 2.41. The van der Waals surface area contributed by atoms with E-state index < -0.39 is 0 Å². The van der Waals surface area contributed by atoms with E-state index in [9.17, 15) is 10.2 Å². The van der Waals surface area contributed by atoms with Gasteiger partial charge in [0.25, 0.3) is 0 Å². The number of aromatic hydroxyl groups is 1. The Morgan fingerprint density at radius 1 is 1.10 bits per heavy atom. The maximum absolute atomic E-state index is 10.1. The molecule has 3 N–H and O–H groups in total. The van der Waals surface area contributed by atoms with Crippen LogP contribution in [0.5, 0.6) is 5.75 Å². The molecule has 112 valence electrons. The normalized spacial score (nSPS) is 10.8.